The zero-order valence-corrected chi connectivity index (χ0v) is 26.5. The molecule has 3 N–H and O–H groups in total. The summed E-state index contributed by atoms with van der Waals surface area (Å²) in [4.78, 5) is 23.5. The maximum absolute atomic E-state index is 13.1. The number of sulfonamides is 1. The number of aliphatic hydroxyl groups is 1. The van der Waals surface area contributed by atoms with Gasteiger partial charge < -0.3 is 14.9 Å². The largest absolute Gasteiger partial charge is 1.00 e. The van der Waals surface area contributed by atoms with Gasteiger partial charge in [0.25, 0.3) is 16.1 Å². The average Bonchev–Trinajstić information content (AvgIpc) is 3.85. The van der Waals surface area contributed by atoms with Crippen molar-refractivity contribution in [2.75, 3.05) is 26.1 Å². The van der Waals surface area contributed by atoms with Gasteiger partial charge in [-0.2, -0.15) is 20.2 Å². The van der Waals surface area contributed by atoms with Gasteiger partial charge in [-0.15, -0.1) is 0 Å². The molecule has 0 saturated heterocycles. The molecule has 2 aromatic carbocycles. The predicted octanol–water partition coefficient (Wildman–Crippen LogP) is -2.12. The van der Waals surface area contributed by atoms with Crippen LogP contribution in [-0.4, -0.2) is 71.5 Å². The van der Waals surface area contributed by atoms with Gasteiger partial charge in [0.15, 0.2) is 0 Å². The minimum atomic E-state index is -3.78. The smallest absolute Gasteiger partial charge is 0.857 e. The van der Waals surface area contributed by atoms with Crippen molar-refractivity contribution in [2.45, 2.75) is 43.5 Å². The molecule has 0 spiro atoms. The number of rotatable bonds is 6. The Labute approximate surface area is 259 Å². The quantitative estimate of drug-likeness (QED) is 0.238. The number of esters is 1. The summed E-state index contributed by atoms with van der Waals surface area (Å²) in [7, 11) is -4.47. The molecule has 0 bridgehead atoms. The maximum atomic E-state index is 13.1. The van der Waals surface area contributed by atoms with Crippen molar-refractivity contribution in [1.82, 2.24) is 9.03 Å². The second kappa shape index (κ2) is 15.9. The van der Waals surface area contributed by atoms with E-state index in [1.807, 2.05) is 0 Å². The van der Waals surface area contributed by atoms with Gasteiger partial charge in [-0.1, -0.05) is 6.07 Å². The van der Waals surface area contributed by atoms with Crippen LogP contribution in [0.15, 0.2) is 36.4 Å². The molecule has 3 aliphatic rings. The van der Waals surface area contributed by atoms with Crippen LogP contribution in [0.1, 0.15) is 52.0 Å². The minimum Gasteiger partial charge on any atom is -0.857 e. The molecule has 2 fully saturated rings. The number of anilines is 1. The third kappa shape index (κ3) is 10.2. The Hall–Kier alpha value is -2.18. The Bertz CT molecular complexity index is 1440. The third-order valence-electron chi connectivity index (χ3n) is 5.55. The van der Waals surface area contributed by atoms with Crippen LogP contribution in [0.2, 0.25) is 0 Å². The molecule has 222 valence electrons. The SMILES string of the molecule is CO.COC(=O)c1cc(F)ccc1NS(=O)(=O)NC1CC1.C[O-].O=C1c2cc(F)ccc2CS(=O)(=O)N1C1CC1.[Na+]. The Morgan fingerprint density at radius 3 is 2.15 bits per heavy atom. The molecule has 2 aliphatic carbocycles. The van der Waals surface area contributed by atoms with Crippen molar-refractivity contribution < 1.29 is 79.7 Å². The van der Waals surface area contributed by atoms with E-state index in [1.165, 1.54) is 18.2 Å². The molecule has 1 heterocycles. The molecule has 0 radical (unpaired) electrons. The van der Waals surface area contributed by atoms with Crippen molar-refractivity contribution >= 4 is 37.8 Å². The topological polar surface area (TPSA) is 182 Å². The number of halogens is 2. The van der Waals surface area contributed by atoms with Crippen LogP contribution in [-0.2, 0) is 30.7 Å². The number of ether oxygens (including phenoxy) is 1. The monoisotopic (exact) mass is 629 g/mol. The van der Waals surface area contributed by atoms with E-state index in [4.69, 9.17) is 10.2 Å². The minimum absolute atomic E-state index is 0. The van der Waals surface area contributed by atoms with Gasteiger partial charge in [0.2, 0.25) is 10.0 Å². The second-order valence-electron chi connectivity index (χ2n) is 8.57. The van der Waals surface area contributed by atoms with Crippen molar-refractivity contribution in [3.05, 3.63) is 64.7 Å². The standard InChI is InChI=1S/C11H13FN2O4S.C11H10FNO3S.CH4O.CH3O.Na/c1-18-11(15)9-6-7(12)2-5-10(9)14-19(16,17)13-8-3-4-8;12-8-2-1-7-6-17(15,16)13(9-3-4-9)11(14)10(7)5-8;2*1-2;/h2,5-6,8,13-14H,3-4H2,1H3;1-2,5,9H,3-4,6H2;2H,1H3;1H3;/q;;;-1;+1. The summed E-state index contributed by atoms with van der Waals surface area (Å²) in [5.74, 6) is -2.80. The summed E-state index contributed by atoms with van der Waals surface area (Å²) in [5.41, 5.74) is 0.352. The summed E-state index contributed by atoms with van der Waals surface area (Å²) >= 11 is 0. The molecule has 0 unspecified atom stereocenters. The fourth-order valence-electron chi connectivity index (χ4n) is 3.57. The number of carbonyl (C=O) groups is 2. The molecule has 41 heavy (non-hydrogen) atoms. The van der Waals surface area contributed by atoms with E-state index >= 15 is 0 Å². The van der Waals surface area contributed by atoms with Gasteiger partial charge >= 0.3 is 35.5 Å². The number of nitrogens with zero attached hydrogens (tertiary/aromatic N) is 1. The van der Waals surface area contributed by atoms with Gasteiger partial charge in [0, 0.05) is 24.8 Å². The summed E-state index contributed by atoms with van der Waals surface area (Å²) < 4.78 is 83.5. The number of methoxy groups -OCH3 is 1. The van der Waals surface area contributed by atoms with Crippen molar-refractivity contribution in [2.24, 2.45) is 0 Å². The number of hydrogen-bond donors (Lipinski definition) is 3. The Morgan fingerprint density at radius 1 is 1.05 bits per heavy atom. The summed E-state index contributed by atoms with van der Waals surface area (Å²) in [6, 6.07) is 6.51. The van der Waals surface area contributed by atoms with Crippen LogP contribution in [0.25, 0.3) is 0 Å². The zero-order valence-electron chi connectivity index (χ0n) is 22.9. The van der Waals surface area contributed by atoms with Gasteiger partial charge in [0.1, 0.15) is 11.6 Å². The van der Waals surface area contributed by atoms with Crippen molar-refractivity contribution in [3.8, 4) is 0 Å². The molecule has 17 heteroatoms. The van der Waals surface area contributed by atoms with Gasteiger partial charge in [-0.3, -0.25) is 9.52 Å². The second-order valence-corrected chi connectivity index (χ2v) is 11.9. The van der Waals surface area contributed by atoms with Crippen LogP contribution >= 0.6 is 0 Å². The molecule has 1 aliphatic heterocycles. The molecule has 5 rings (SSSR count). The van der Waals surface area contributed by atoms with Crippen LogP contribution in [0.5, 0.6) is 0 Å². The number of aliphatic hydroxyl groups excluding tert-OH is 1. The van der Waals surface area contributed by atoms with Crippen LogP contribution in [0, 0.1) is 11.6 Å². The Morgan fingerprint density at radius 2 is 1.61 bits per heavy atom. The summed E-state index contributed by atoms with van der Waals surface area (Å²) in [5, 5.41) is 15.2. The maximum Gasteiger partial charge on any atom is 1.00 e. The number of amides is 1. The van der Waals surface area contributed by atoms with E-state index in [1.54, 1.807) is 0 Å². The number of fused-ring (bicyclic) bond motifs is 1. The molecule has 12 nitrogen and oxygen atoms in total. The van der Waals surface area contributed by atoms with Crippen LogP contribution < -0.4 is 44.1 Å². The van der Waals surface area contributed by atoms with Gasteiger partial charge in [-0.25, -0.2) is 26.3 Å². The molecule has 0 aromatic heterocycles. The number of carbonyl (C=O) groups excluding carboxylic acids is 2. The van der Waals surface area contributed by atoms with Crippen LogP contribution in [0.4, 0.5) is 14.5 Å². The predicted molar refractivity (Wildman–Crippen MR) is 139 cm³/mol. The molecular weight excluding hydrogens is 599 g/mol. The average molecular weight is 630 g/mol. The number of hydrogen-bond acceptors (Lipinski definition) is 9. The Balaban J connectivity index is 0.000000359. The number of benzene rings is 2. The number of nitrogens with one attached hydrogen (secondary N) is 2. The Kier molecular flexibility index (Phi) is 14.3. The molecule has 2 aromatic rings. The van der Waals surface area contributed by atoms with Gasteiger partial charge in [-0.05, 0) is 61.6 Å². The van der Waals surface area contributed by atoms with Gasteiger partial charge in [0.05, 0.1) is 24.1 Å². The first-order valence-electron chi connectivity index (χ1n) is 11.8. The fourth-order valence-corrected chi connectivity index (χ4v) is 6.57. The first-order valence-corrected chi connectivity index (χ1v) is 14.9. The first kappa shape index (κ1) is 36.8. The molecule has 2 saturated carbocycles. The van der Waals surface area contributed by atoms with Crippen LogP contribution in [0.3, 0.4) is 0 Å². The molecular formula is C24H30F2N3NaO9S2. The fraction of sp³-hybridized carbons (Fsp3) is 0.417. The zero-order chi connectivity index (χ0) is 30.3. The first-order chi connectivity index (χ1) is 18.9. The van der Waals surface area contributed by atoms with E-state index < -0.39 is 43.7 Å². The van der Waals surface area contributed by atoms with Crippen molar-refractivity contribution in [3.63, 3.8) is 0 Å². The van der Waals surface area contributed by atoms with E-state index in [9.17, 15) is 35.2 Å². The summed E-state index contributed by atoms with van der Waals surface area (Å²) in [6.45, 7) is 0. The van der Waals surface area contributed by atoms with E-state index in [2.05, 4.69) is 14.2 Å². The van der Waals surface area contributed by atoms with E-state index in [0.29, 0.717) is 18.4 Å². The third-order valence-corrected chi connectivity index (χ3v) is 8.42. The van der Waals surface area contributed by atoms with E-state index in [-0.39, 0.29) is 64.2 Å². The normalized spacial score (nSPS) is 16.6. The molecule has 1 amide bonds. The van der Waals surface area contributed by atoms with E-state index in [0.717, 1.165) is 56.7 Å². The van der Waals surface area contributed by atoms with Crippen molar-refractivity contribution in [1.29, 1.82) is 0 Å². The molecule has 0 atom stereocenters. The summed E-state index contributed by atoms with van der Waals surface area (Å²) in [6.07, 6.45) is 2.98.